The summed E-state index contributed by atoms with van der Waals surface area (Å²) in [6.45, 7) is 1.95. The number of hydrogen-bond acceptors (Lipinski definition) is 4. The van der Waals surface area contributed by atoms with Crippen LogP contribution in [0, 0.1) is 22.5 Å². The van der Waals surface area contributed by atoms with Crippen LogP contribution in [0.1, 0.15) is 17.3 Å². The van der Waals surface area contributed by atoms with E-state index in [4.69, 9.17) is 11.2 Å². The summed E-state index contributed by atoms with van der Waals surface area (Å²) < 4.78 is 5.18. The molecule has 0 heterocycles. The molecular formula is C12H12N2O4. The first-order valence-corrected chi connectivity index (χ1v) is 5.23. The van der Waals surface area contributed by atoms with Crippen molar-refractivity contribution in [1.82, 2.24) is 5.32 Å². The Balaban J connectivity index is 3.18. The van der Waals surface area contributed by atoms with Crippen molar-refractivity contribution in [2.45, 2.75) is 6.92 Å². The molecule has 0 aliphatic rings. The molecule has 0 aliphatic carbocycles. The Bertz CT molecular complexity index is 505. The van der Waals surface area contributed by atoms with E-state index in [1.54, 1.807) is 6.92 Å². The minimum absolute atomic E-state index is 0.0421. The maximum Gasteiger partial charge on any atom is 0.311 e. The number of nitro benzene ring substituents is 1. The summed E-state index contributed by atoms with van der Waals surface area (Å²) in [6, 6.07) is 4.15. The van der Waals surface area contributed by atoms with Gasteiger partial charge in [-0.3, -0.25) is 14.9 Å². The molecule has 6 nitrogen and oxygen atoms in total. The van der Waals surface area contributed by atoms with E-state index in [1.807, 2.05) is 0 Å². The third-order valence-electron chi connectivity index (χ3n) is 2.08. The average Bonchev–Trinajstić information content (AvgIpc) is 2.36. The molecule has 1 N–H and O–H groups in total. The molecule has 0 aromatic heterocycles. The molecule has 0 bridgehead atoms. The van der Waals surface area contributed by atoms with Crippen molar-refractivity contribution in [2.24, 2.45) is 0 Å². The van der Waals surface area contributed by atoms with E-state index in [0.29, 0.717) is 0 Å². The van der Waals surface area contributed by atoms with E-state index >= 15 is 0 Å². The lowest BCUT2D eigenvalue weighted by atomic mass is 10.1. The second kappa shape index (κ2) is 6.25. The molecule has 1 rings (SSSR count). The summed E-state index contributed by atoms with van der Waals surface area (Å²) in [6.07, 6.45) is 5.03. The second-order valence-electron chi connectivity index (χ2n) is 3.23. The zero-order valence-electron chi connectivity index (χ0n) is 9.80. The predicted octanol–water partition coefficient (Wildman–Crippen LogP) is 1.36. The number of hydrogen-bond donors (Lipinski definition) is 1. The van der Waals surface area contributed by atoms with Gasteiger partial charge in [-0.1, -0.05) is 12.0 Å². The minimum Gasteiger partial charge on any atom is -0.487 e. The number of ether oxygens (including phenoxy) is 1. The van der Waals surface area contributed by atoms with E-state index in [1.165, 1.54) is 18.2 Å². The van der Waals surface area contributed by atoms with Gasteiger partial charge in [0.1, 0.15) is 0 Å². The molecule has 0 saturated carbocycles. The molecule has 94 valence electrons. The zero-order valence-corrected chi connectivity index (χ0v) is 9.80. The largest absolute Gasteiger partial charge is 0.487 e. The van der Waals surface area contributed by atoms with Gasteiger partial charge >= 0.3 is 5.69 Å². The van der Waals surface area contributed by atoms with Gasteiger partial charge in [0, 0.05) is 6.07 Å². The summed E-state index contributed by atoms with van der Waals surface area (Å²) >= 11 is 0. The van der Waals surface area contributed by atoms with Gasteiger partial charge in [0.15, 0.2) is 0 Å². The lowest BCUT2D eigenvalue weighted by Gasteiger charge is -2.09. The van der Waals surface area contributed by atoms with E-state index in [0.717, 1.165) is 0 Å². The van der Waals surface area contributed by atoms with E-state index in [2.05, 4.69) is 11.2 Å². The number of benzene rings is 1. The fourth-order valence-electron chi connectivity index (χ4n) is 1.37. The highest BCUT2D eigenvalue weighted by Crippen LogP contribution is 2.30. The van der Waals surface area contributed by atoms with Crippen molar-refractivity contribution in [3.63, 3.8) is 0 Å². The van der Waals surface area contributed by atoms with Gasteiger partial charge in [0.25, 0.3) is 5.91 Å². The quantitative estimate of drug-likeness (QED) is 0.484. The molecule has 0 radical (unpaired) electrons. The highest BCUT2D eigenvalue weighted by Gasteiger charge is 2.22. The van der Waals surface area contributed by atoms with Crippen LogP contribution in [0.4, 0.5) is 5.69 Å². The van der Waals surface area contributed by atoms with Gasteiger partial charge in [0.2, 0.25) is 5.75 Å². The van der Waals surface area contributed by atoms with Gasteiger partial charge in [-0.2, -0.15) is 0 Å². The highest BCUT2D eigenvalue weighted by atomic mass is 16.6. The second-order valence-corrected chi connectivity index (χ2v) is 3.23. The Morgan fingerprint density at radius 2 is 2.33 bits per heavy atom. The Morgan fingerprint density at radius 1 is 1.61 bits per heavy atom. The summed E-state index contributed by atoms with van der Waals surface area (Å²) in [5, 5.41) is 13.3. The third kappa shape index (κ3) is 2.98. The first kappa shape index (κ1) is 13.5. The van der Waals surface area contributed by atoms with Crippen molar-refractivity contribution in [1.29, 1.82) is 0 Å². The number of terminal acetylenes is 1. The van der Waals surface area contributed by atoms with Crippen LogP contribution in [0.15, 0.2) is 18.2 Å². The van der Waals surface area contributed by atoms with Crippen LogP contribution in [-0.2, 0) is 0 Å². The van der Waals surface area contributed by atoms with Crippen LogP contribution in [0.25, 0.3) is 0 Å². The summed E-state index contributed by atoms with van der Waals surface area (Å²) in [5.41, 5.74) is -0.147. The average molecular weight is 248 g/mol. The SMILES string of the molecule is C#CCNC(=O)c1cccc([N+](=O)[O-])c1OCC. The maximum absolute atomic E-state index is 11.8. The van der Waals surface area contributed by atoms with Gasteiger partial charge in [-0.15, -0.1) is 6.42 Å². The van der Waals surface area contributed by atoms with E-state index < -0.39 is 10.8 Å². The van der Waals surface area contributed by atoms with Crippen molar-refractivity contribution >= 4 is 11.6 Å². The Kier molecular flexibility index (Phi) is 4.69. The van der Waals surface area contributed by atoms with Crippen LogP contribution in [0.5, 0.6) is 5.75 Å². The summed E-state index contributed by atoms with van der Waals surface area (Å²) in [5.74, 6) is 1.71. The number of nitrogens with one attached hydrogen (secondary N) is 1. The number of nitrogens with zero attached hydrogens (tertiary/aromatic N) is 1. The van der Waals surface area contributed by atoms with Crippen molar-refractivity contribution < 1.29 is 14.5 Å². The molecule has 18 heavy (non-hydrogen) atoms. The Labute approximate surface area is 104 Å². The molecule has 0 spiro atoms. The molecule has 1 aromatic carbocycles. The molecule has 6 heteroatoms. The smallest absolute Gasteiger partial charge is 0.311 e. The number of para-hydroxylation sites is 1. The fourth-order valence-corrected chi connectivity index (χ4v) is 1.37. The molecule has 0 unspecified atom stereocenters. The topological polar surface area (TPSA) is 81.5 Å². The van der Waals surface area contributed by atoms with Crippen molar-refractivity contribution in [2.75, 3.05) is 13.2 Å². The standard InChI is InChI=1S/C12H12N2O4/c1-3-8-13-12(15)9-6-5-7-10(14(16)17)11(9)18-4-2/h1,5-7H,4,8H2,2H3,(H,13,15). The summed E-state index contributed by atoms with van der Waals surface area (Å²) in [4.78, 5) is 22.0. The first-order valence-electron chi connectivity index (χ1n) is 5.23. The minimum atomic E-state index is -0.594. The first-order chi connectivity index (χ1) is 8.61. The maximum atomic E-state index is 11.8. The molecule has 1 amide bonds. The molecule has 1 aromatic rings. The molecule has 0 aliphatic heterocycles. The number of carbonyl (C=O) groups is 1. The Morgan fingerprint density at radius 3 is 2.89 bits per heavy atom. The predicted molar refractivity (Wildman–Crippen MR) is 65.4 cm³/mol. The zero-order chi connectivity index (χ0) is 13.5. The lowest BCUT2D eigenvalue weighted by molar-refractivity contribution is -0.385. The molecule has 0 saturated heterocycles. The highest BCUT2D eigenvalue weighted by molar-refractivity contribution is 5.98. The van der Waals surface area contributed by atoms with Crippen LogP contribution in [0.3, 0.4) is 0 Å². The number of amides is 1. The molecular weight excluding hydrogens is 236 g/mol. The summed E-state index contributed by atoms with van der Waals surface area (Å²) in [7, 11) is 0. The fraction of sp³-hybridized carbons (Fsp3) is 0.250. The van der Waals surface area contributed by atoms with Gasteiger partial charge in [-0.05, 0) is 13.0 Å². The van der Waals surface area contributed by atoms with Crippen LogP contribution < -0.4 is 10.1 Å². The van der Waals surface area contributed by atoms with Gasteiger partial charge in [-0.25, -0.2) is 0 Å². The number of carbonyl (C=O) groups excluding carboxylic acids is 1. The monoisotopic (exact) mass is 248 g/mol. The van der Waals surface area contributed by atoms with E-state index in [-0.39, 0.29) is 30.2 Å². The van der Waals surface area contributed by atoms with Crippen LogP contribution >= 0.6 is 0 Å². The van der Waals surface area contributed by atoms with Crippen LogP contribution in [-0.4, -0.2) is 24.0 Å². The third-order valence-corrected chi connectivity index (χ3v) is 2.08. The van der Waals surface area contributed by atoms with Crippen molar-refractivity contribution in [3.05, 3.63) is 33.9 Å². The van der Waals surface area contributed by atoms with Gasteiger partial charge in [0.05, 0.1) is 23.6 Å². The normalized spacial score (nSPS) is 9.33. The lowest BCUT2D eigenvalue weighted by Crippen LogP contribution is -2.24. The van der Waals surface area contributed by atoms with Crippen molar-refractivity contribution in [3.8, 4) is 18.1 Å². The van der Waals surface area contributed by atoms with Crippen LogP contribution in [0.2, 0.25) is 0 Å². The van der Waals surface area contributed by atoms with Gasteiger partial charge < -0.3 is 10.1 Å². The number of rotatable bonds is 5. The number of nitro groups is 1. The molecule has 0 fully saturated rings. The van der Waals surface area contributed by atoms with E-state index in [9.17, 15) is 14.9 Å². The molecule has 0 atom stereocenters. The Hall–Kier alpha value is -2.55.